The third kappa shape index (κ3) is 1.59. The SMILES string of the molecule is N#Cc1cc(Cl)cc2c1-c1ccncc1C21C2CC3CC(C2)CC1C3. The summed E-state index contributed by atoms with van der Waals surface area (Å²) in [4.78, 5) is 4.51. The number of nitrogens with zero attached hydrogens (tertiary/aromatic N) is 2. The third-order valence-corrected chi connectivity index (χ3v) is 7.85. The van der Waals surface area contributed by atoms with Gasteiger partial charge in [0.1, 0.15) is 0 Å². The highest BCUT2D eigenvalue weighted by Gasteiger charge is 2.62. The van der Waals surface area contributed by atoms with E-state index >= 15 is 0 Å². The monoisotopic (exact) mass is 346 g/mol. The zero-order valence-electron chi connectivity index (χ0n) is 14.0. The molecule has 1 aromatic carbocycles. The first-order chi connectivity index (χ1) is 12.2. The Kier molecular flexibility index (Phi) is 2.67. The summed E-state index contributed by atoms with van der Waals surface area (Å²) in [6, 6.07) is 8.52. The lowest BCUT2D eigenvalue weighted by Crippen LogP contribution is -2.55. The Labute approximate surface area is 152 Å². The molecule has 1 heterocycles. The molecule has 0 saturated heterocycles. The van der Waals surface area contributed by atoms with E-state index < -0.39 is 0 Å². The fourth-order valence-electron chi connectivity index (χ4n) is 7.21. The summed E-state index contributed by atoms with van der Waals surface area (Å²) < 4.78 is 0. The van der Waals surface area contributed by atoms with Crippen molar-refractivity contribution in [1.29, 1.82) is 5.26 Å². The van der Waals surface area contributed by atoms with Crippen molar-refractivity contribution >= 4 is 11.6 Å². The average Bonchev–Trinajstić information content (AvgIpc) is 2.89. The molecule has 1 aromatic heterocycles. The number of fused-ring (bicyclic) bond motifs is 3. The van der Waals surface area contributed by atoms with Crippen LogP contribution in [-0.2, 0) is 5.41 Å². The van der Waals surface area contributed by atoms with Crippen molar-refractivity contribution in [2.24, 2.45) is 23.7 Å². The number of aromatic nitrogens is 1. The van der Waals surface area contributed by atoms with Gasteiger partial charge in [-0.15, -0.1) is 0 Å². The number of hydrogen-bond donors (Lipinski definition) is 0. The van der Waals surface area contributed by atoms with Crippen molar-refractivity contribution in [2.75, 3.05) is 0 Å². The lowest BCUT2D eigenvalue weighted by Gasteiger charge is -2.61. The van der Waals surface area contributed by atoms with E-state index in [-0.39, 0.29) is 5.41 Å². The van der Waals surface area contributed by atoms with Gasteiger partial charge in [-0.25, -0.2) is 0 Å². The number of nitriles is 1. The first kappa shape index (κ1) is 14.3. The molecule has 0 radical (unpaired) electrons. The van der Waals surface area contributed by atoms with E-state index in [4.69, 9.17) is 11.6 Å². The fourth-order valence-corrected chi connectivity index (χ4v) is 7.42. The summed E-state index contributed by atoms with van der Waals surface area (Å²) in [5.74, 6) is 3.18. The van der Waals surface area contributed by atoms with Crippen LogP contribution in [0.4, 0.5) is 0 Å². The minimum Gasteiger partial charge on any atom is -0.264 e. The molecule has 4 saturated carbocycles. The van der Waals surface area contributed by atoms with Gasteiger partial charge in [0, 0.05) is 28.4 Å². The molecular formula is C22H19ClN2. The Morgan fingerprint density at radius 1 is 1.04 bits per heavy atom. The van der Waals surface area contributed by atoms with Crippen LogP contribution < -0.4 is 0 Å². The van der Waals surface area contributed by atoms with Crippen LogP contribution in [0, 0.1) is 35.0 Å². The van der Waals surface area contributed by atoms with Gasteiger partial charge < -0.3 is 0 Å². The lowest BCUT2D eigenvalue weighted by molar-refractivity contribution is -0.0400. The van der Waals surface area contributed by atoms with Gasteiger partial charge in [0.05, 0.1) is 11.6 Å². The standard InChI is InChI=1S/C22H19ClN2/c23-17-8-14(10-24)21-18-1-2-25-11-20(18)22(19(21)9-17)15-4-12-3-13(6-15)7-16(22)5-12/h1-2,8-9,11-13,15-16H,3-7H2. The second-order valence-corrected chi connectivity index (χ2v) is 9.02. The van der Waals surface area contributed by atoms with Crippen molar-refractivity contribution in [3.05, 3.63) is 52.3 Å². The third-order valence-electron chi connectivity index (χ3n) is 7.63. The van der Waals surface area contributed by atoms with Crippen molar-refractivity contribution in [3.8, 4) is 17.2 Å². The van der Waals surface area contributed by atoms with Crippen molar-refractivity contribution in [2.45, 2.75) is 37.5 Å². The van der Waals surface area contributed by atoms with Gasteiger partial charge in [0.2, 0.25) is 0 Å². The van der Waals surface area contributed by atoms with Crippen LogP contribution in [0.5, 0.6) is 0 Å². The Hall–Kier alpha value is -1.85. The Balaban J connectivity index is 1.72. The van der Waals surface area contributed by atoms with E-state index in [2.05, 4.69) is 29.4 Å². The highest BCUT2D eigenvalue weighted by Crippen LogP contribution is 2.69. The summed E-state index contributed by atoms with van der Waals surface area (Å²) >= 11 is 6.48. The molecule has 7 rings (SSSR count). The summed E-state index contributed by atoms with van der Waals surface area (Å²) in [5, 5.41) is 10.5. The molecular weight excluding hydrogens is 328 g/mol. The van der Waals surface area contributed by atoms with Gasteiger partial charge in [-0.3, -0.25) is 4.98 Å². The Morgan fingerprint density at radius 3 is 2.44 bits per heavy atom. The number of halogens is 1. The van der Waals surface area contributed by atoms with E-state index in [9.17, 15) is 5.26 Å². The molecule has 0 aliphatic heterocycles. The zero-order valence-corrected chi connectivity index (χ0v) is 14.8. The van der Waals surface area contributed by atoms with Gasteiger partial charge in [-0.2, -0.15) is 5.26 Å². The topological polar surface area (TPSA) is 36.7 Å². The molecule has 5 aliphatic carbocycles. The first-order valence-electron chi connectivity index (χ1n) is 9.40. The van der Waals surface area contributed by atoms with Crippen LogP contribution in [0.1, 0.15) is 48.8 Å². The number of rotatable bonds is 0. The van der Waals surface area contributed by atoms with E-state index in [0.717, 1.165) is 23.0 Å². The molecule has 0 N–H and O–H groups in total. The molecule has 3 heteroatoms. The van der Waals surface area contributed by atoms with Crippen molar-refractivity contribution in [1.82, 2.24) is 4.98 Å². The van der Waals surface area contributed by atoms with Gasteiger partial charge in [0.25, 0.3) is 0 Å². The summed E-state index contributed by atoms with van der Waals surface area (Å²) in [6.07, 6.45) is 10.7. The predicted molar refractivity (Wildman–Crippen MR) is 97.2 cm³/mol. The van der Waals surface area contributed by atoms with Crippen molar-refractivity contribution in [3.63, 3.8) is 0 Å². The Bertz CT molecular complexity index is 927. The lowest BCUT2D eigenvalue weighted by atomic mass is 9.43. The summed E-state index contributed by atoms with van der Waals surface area (Å²) in [6.45, 7) is 0. The highest BCUT2D eigenvalue weighted by atomic mass is 35.5. The molecule has 2 nitrogen and oxygen atoms in total. The van der Waals surface area contributed by atoms with Crippen LogP contribution in [0.3, 0.4) is 0 Å². The van der Waals surface area contributed by atoms with Crippen LogP contribution >= 0.6 is 11.6 Å². The molecule has 2 aromatic rings. The minimum absolute atomic E-state index is 0.0445. The molecule has 5 aliphatic rings. The van der Waals surface area contributed by atoms with E-state index in [1.165, 1.54) is 48.8 Å². The quantitative estimate of drug-likeness (QED) is 0.646. The van der Waals surface area contributed by atoms with E-state index in [1.807, 2.05) is 12.3 Å². The molecule has 124 valence electrons. The van der Waals surface area contributed by atoms with Crippen LogP contribution in [0.15, 0.2) is 30.6 Å². The first-order valence-corrected chi connectivity index (χ1v) is 9.78. The van der Waals surface area contributed by atoms with Crippen LogP contribution in [-0.4, -0.2) is 4.98 Å². The Morgan fingerprint density at radius 2 is 1.76 bits per heavy atom. The predicted octanol–water partition coefficient (Wildman–Crippen LogP) is 5.33. The van der Waals surface area contributed by atoms with E-state index in [0.29, 0.717) is 16.9 Å². The average molecular weight is 347 g/mol. The maximum Gasteiger partial charge on any atom is 0.0998 e. The van der Waals surface area contributed by atoms with Gasteiger partial charge >= 0.3 is 0 Å². The molecule has 0 atom stereocenters. The van der Waals surface area contributed by atoms with Gasteiger partial charge in [-0.05, 0) is 90.7 Å². The largest absolute Gasteiger partial charge is 0.264 e. The molecule has 0 amide bonds. The maximum atomic E-state index is 9.77. The second-order valence-electron chi connectivity index (χ2n) is 8.58. The van der Waals surface area contributed by atoms with Crippen molar-refractivity contribution < 1.29 is 0 Å². The van der Waals surface area contributed by atoms with Gasteiger partial charge in [0.15, 0.2) is 0 Å². The molecule has 0 unspecified atom stereocenters. The second kappa shape index (κ2) is 4.65. The minimum atomic E-state index is 0.0445. The fraction of sp³-hybridized carbons (Fsp3) is 0.455. The number of pyridine rings is 1. The van der Waals surface area contributed by atoms with E-state index in [1.54, 1.807) is 0 Å². The molecule has 4 bridgehead atoms. The maximum absolute atomic E-state index is 9.77. The number of hydrogen-bond acceptors (Lipinski definition) is 2. The zero-order chi connectivity index (χ0) is 16.8. The van der Waals surface area contributed by atoms with Crippen LogP contribution in [0.25, 0.3) is 11.1 Å². The van der Waals surface area contributed by atoms with Crippen LogP contribution in [0.2, 0.25) is 5.02 Å². The van der Waals surface area contributed by atoms with Gasteiger partial charge in [-0.1, -0.05) is 11.6 Å². The molecule has 1 spiro atoms. The number of benzene rings is 1. The summed E-state index contributed by atoms with van der Waals surface area (Å²) in [5.41, 5.74) is 5.83. The smallest absolute Gasteiger partial charge is 0.0998 e. The summed E-state index contributed by atoms with van der Waals surface area (Å²) in [7, 11) is 0. The molecule has 25 heavy (non-hydrogen) atoms. The molecule has 4 fully saturated rings. The normalized spacial score (nSPS) is 36.3. The highest BCUT2D eigenvalue weighted by molar-refractivity contribution is 6.31.